The molecule has 3 rings (SSSR count). The van der Waals surface area contributed by atoms with Gasteiger partial charge in [0.15, 0.2) is 15.9 Å². The van der Waals surface area contributed by atoms with Gasteiger partial charge in [-0.15, -0.1) is 0 Å². The Morgan fingerprint density at radius 2 is 1.96 bits per heavy atom. The number of benzene rings is 1. The SMILES string of the molecule is Cc1cc2c(cc1C)OC(C(=O)N1CCCC(S(C)(=O)=O)C1)C2. The molecule has 1 aromatic carbocycles. The van der Waals surface area contributed by atoms with E-state index in [0.29, 0.717) is 19.4 Å². The van der Waals surface area contributed by atoms with Gasteiger partial charge in [0.25, 0.3) is 5.91 Å². The van der Waals surface area contributed by atoms with Crippen molar-refractivity contribution >= 4 is 15.7 Å². The molecule has 5 nitrogen and oxygen atoms in total. The molecule has 1 saturated heterocycles. The summed E-state index contributed by atoms with van der Waals surface area (Å²) in [5.41, 5.74) is 3.39. The van der Waals surface area contributed by atoms with E-state index >= 15 is 0 Å². The van der Waals surface area contributed by atoms with Crippen LogP contribution in [0.2, 0.25) is 0 Å². The first-order valence-corrected chi connectivity index (χ1v) is 9.95. The van der Waals surface area contributed by atoms with Crippen molar-refractivity contribution in [2.45, 2.75) is 44.5 Å². The number of fused-ring (bicyclic) bond motifs is 1. The zero-order valence-electron chi connectivity index (χ0n) is 13.8. The summed E-state index contributed by atoms with van der Waals surface area (Å²) in [4.78, 5) is 14.4. The Kier molecular flexibility index (Phi) is 4.12. The molecule has 0 radical (unpaired) electrons. The zero-order chi connectivity index (χ0) is 16.8. The minimum Gasteiger partial charge on any atom is -0.480 e. The van der Waals surface area contributed by atoms with Crippen LogP contribution >= 0.6 is 0 Å². The maximum Gasteiger partial charge on any atom is 0.264 e. The number of nitrogens with zero attached hydrogens (tertiary/aromatic N) is 1. The second kappa shape index (κ2) is 5.82. The lowest BCUT2D eigenvalue weighted by atomic mass is 10.0. The number of ether oxygens (including phenoxy) is 1. The molecule has 2 aliphatic rings. The Balaban J connectivity index is 1.72. The minimum absolute atomic E-state index is 0.0927. The van der Waals surface area contributed by atoms with Crippen molar-refractivity contribution < 1.29 is 17.9 Å². The van der Waals surface area contributed by atoms with Crippen LogP contribution in [0, 0.1) is 13.8 Å². The van der Waals surface area contributed by atoms with E-state index in [-0.39, 0.29) is 12.5 Å². The van der Waals surface area contributed by atoms with Gasteiger partial charge in [-0.1, -0.05) is 6.07 Å². The van der Waals surface area contributed by atoms with Crippen LogP contribution in [0.3, 0.4) is 0 Å². The molecule has 0 N–H and O–H groups in total. The highest BCUT2D eigenvalue weighted by Gasteiger charge is 2.36. The van der Waals surface area contributed by atoms with Crippen molar-refractivity contribution in [2.75, 3.05) is 19.3 Å². The van der Waals surface area contributed by atoms with Gasteiger partial charge < -0.3 is 9.64 Å². The van der Waals surface area contributed by atoms with Crippen LogP contribution in [-0.2, 0) is 21.1 Å². The molecular weight excluding hydrogens is 314 g/mol. The minimum atomic E-state index is -3.12. The molecule has 1 fully saturated rings. The van der Waals surface area contributed by atoms with Crippen molar-refractivity contribution in [3.05, 3.63) is 28.8 Å². The lowest BCUT2D eigenvalue weighted by Crippen LogP contribution is -2.49. The van der Waals surface area contributed by atoms with Crippen LogP contribution in [0.25, 0.3) is 0 Å². The molecule has 2 atom stereocenters. The summed E-state index contributed by atoms with van der Waals surface area (Å²) in [5.74, 6) is 0.688. The molecule has 0 saturated carbocycles. The van der Waals surface area contributed by atoms with Gasteiger partial charge >= 0.3 is 0 Å². The van der Waals surface area contributed by atoms with Crippen LogP contribution in [0.15, 0.2) is 12.1 Å². The monoisotopic (exact) mass is 337 g/mol. The van der Waals surface area contributed by atoms with Crippen molar-refractivity contribution in [3.63, 3.8) is 0 Å². The third kappa shape index (κ3) is 3.22. The maximum atomic E-state index is 12.7. The topological polar surface area (TPSA) is 63.7 Å². The normalized spacial score (nSPS) is 24.2. The van der Waals surface area contributed by atoms with Gasteiger partial charge in [-0.3, -0.25) is 4.79 Å². The highest BCUT2D eigenvalue weighted by Crippen LogP contribution is 2.32. The number of likely N-dealkylation sites (tertiary alicyclic amines) is 1. The van der Waals surface area contributed by atoms with Crippen LogP contribution in [0.5, 0.6) is 5.75 Å². The predicted octanol–water partition coefficient (Wildman–Crippen LogP) is 1.64. The van der Waals surface area contributed by atoms with Gasteiger partial charge in [0.05, 0.1) is 5.25 Å². The van der Waals surface area contributed by atoms with E-state index < -0.39 is 21.2 Å². The summed E-state index contributed by atoms with van der Waals surface area (Å²) >= 11 is 0. The predicted molar refractivity (Wildman–Crippen MR) is 88.5 cm³/mol. The quantitative estimate of drug-likeness (QED) is 0.823. The molecule has 1 amide bonds. The summed E-state index contributed by atoms with van der Waals surface area (Å²) in [6.07, 6.45) is 2.65. The zero-order valence-corrected chi connectivity index (χ0v) is 14.6. The summed E-state index contributed by atoms with van der Waals surface area (Å²) in [6.45, 7) is 4.96. The van der Waals surface area contributed by atoms with Gasteiger partial charge in [0.1, 0.15) is 5.75 Å². The van der Waals surface area contributed by atoms with E-state index in [4.69, 9.17) is 4.74 Å². The third-order valence-electron chi connectivity index (χ3n) is 4.92. The summed E-state index contributed by atoms with van der Waals surface area (Å²) < 4.78 is 29.4. The highest BCUT2D eigenvalue weighted by atomic mass is 32.2. The Hall–Kier alpha value is -1.56. The summed E-state index contributed by atoms with van der Waals surface area (Å²) in [5, 5.41) is -0.450. The van der Waals surface area contributed by atoms with Gasteiger partial charge in [0, 0.05) is 25.8 Å². The number of rotatable bonds is 2. The van der Waals surface area contributed by atoms with Crippen LogP contribution in [-0.4, -0.2) is 49.9 Å². The van der Waals surface area contributed by atoms with Gasteiger partial charge in [-0.05, 0) is 49.4 Å². The molecule has 126 valence electrons. The van der Waals surface area contributed by atoms with Crippen molar-refractivity contribution in [2.24, 2.45) is 0 Å². The first kappa shape index (κ1) is 16.3. The number of sulfone groups is 1. The second-order valence-corrected chi connectivity index (χ2v) is 9.06. The number of hydrogen-bond acceptors (Lipinski definition) is 4. The molecule has 2 unspecified atom stereocenters. The van der Waals surface area contributed by atoms with Crippen molar-refractivity contribution in [1.82, 2.24) is 4.90 Å². The molecule has 23 heavy (non-hydrogen) atoms. The van der Waals surface area contributed by atoms with E-state index in [2.05, 4.69) is 6.07 Å². The summed E-state index contributed by atoms with van der Waals surface area (Å²) in [7, 11) is -3.12. The van der Waals surface area contributed by atoms with Crippen molar-refractivity contribution in [1.29, 1.82) is 0 Å². The Labute approximate surface area is 137 Å². The molecule has 2 aliphatic heterocycles. The fourth-order valence-corrected chi connectivity index (χ4v) is 4.39. The molecule has 0 spiro atoms. The molecule has 6 heteroatoms. The van der Waals surface area contributed by atoms with Gasteiger partial charge in [-0.25, -0.2) is 8.42 Å². The Bertz CT molecular complexity index is 710. The molecule has 0 bridgehead atoms. The van der Waals surface area contributed by atoms with E-state index in [0.717, 1.165) is 23.3 Å². The standard InChI is InChI=1S/C17H23NO4S/c1-11-7-13-9-16(22-15(13)8-12(11)2)17(19)18-6-4-5-14(10-18)23(3,20)21/h7-8,14,16H,4-6,9-10H2,1-3H3. The average molecular weight is 337 g/mol. The van der Waals surface area contributed by atoms with E-state index in [1.54, 1.807) is 4.90 Å². The molecular formula is C17H23NO4S. The number of carbonyl (C=O) groups excluding carboxylic acids is 1. The maximum absolute atomic E-state index is 12.7. The molecule has 0 aliphatic carbocycles. The fourth-order valence-electron chi connectivity index (χ4n) is 3.34. The lowest BCUT2D eigenvalue weighted by molar-refractivity contribution is -0.138. The Morgan fingerprint density at radius 1 is 1.26 bits per heavy atom. The number of hydrogen-bond donors (Lipinski definition) is 0. The number of amides is 1. The number of piperidine rings is 1. The number of aryl methyl sites for hydroxylation is 2. The smallest absolute Gasteiger partial charge is 0.264 e. The molecule has 0 aromatic heterocycles. The largest absolute Gasteiger partial charge is 0.480 e. The van der Waals surface area contributed by atoms with E-state index in [1.807, 2.05) is 19.9 Å². The average Bonchev–Trinajstić information content (AvgIpc) is 2.89. The van der Waals surface area contributed by atoms with Gasteiger partial charge in [-0.2, -0.15) is 0 Å². The molecule has 2 heterocycles. The third-order valence-corrected chi connectivity index (χ3v) is 6.52. The van der Waals surface area contributed by atoms with E-state index in [1.165, 1.54) is 11.8 Å². The lowest BCUT2D eigenvalue weighted by Gasteiger charge is -2.33. The van der Waals surface area contributed by atoms with E-state index in [9.17, 15) is 13.2 Å². The van der Waals surface area contributed by atoms with Gasteiger partial charge in [0.2, 0.25) is 0 Å². The fraction of sp³-hybridized carbons (Fsp3) is 0.588. The first-order chi connectivity index (χ1) is 10.8. The molecule has 1 aromatic rings. The van der Waals surface area contributed by atoms with Crippen LogP contribution in [0.1, 0.15) is 29.5 Å². The summed E-state index contributed by atoms with van der Waals surface area (Å²) in [6, 6.07) is 4.06. The highest BCUT2D eigenvalue weighted by molar-refractivity contribution is 7.91. The Morgan fingerprint density at radius 3 is 2.65 bits per heavy atom. The van der Waals surface area contributed by atoms with Crippen LogP contribution in [0.4, 0.5) is 0 Å². The van der Waals surface area contributed by atoms with Crippen molar-refractivity contribution in [3.8, 4) is 5.75 Å². The van der Waals surface area contributed by atoms with Crippen LogP contribution < -0.4 is 4.74 Å². The first-order valence-electron chi connectivity index (χ1n) is 8.00. The number of carbonyl (C=O) groups is 1. The second-order valence-electron chi connectivity index (χ2n) is 6.73.